The quantitative estimate of drug-likeness (QED) is 0.292. The van der Waals surface area contributed by atoms with Crippen LogP contribution in [0.5, 0.6) is 5.75 Å². The van der Waals surface area contributed by atoms with Gasteiger partial charge in [0.15, 0.2) is 0 Å². The highest BCUT2D eigenvalue weighted by atomic mass is 32.2. The largest absolute Gasteiger partial charge is 0.497 e. The highest BCUT2D eigenvalue weighted by molar-refractivity contribution is 8.02. The number of alkyl carbamates (subject to hydrolysis) is 1. The van der Waals surface area contributed by atoms with E-state index in [0.29, 0.717) is 25.0 Å². The summed E-state index contributed by atoms with van der Waals surface area (Å²) in [6.07, 6.45) is 8.74. The third-order valence-corrected chi connectivity index (χ3v) is 8.70. The van der Waals surface area contributed by atoms with E-state index in [1.165, 1.54) is 31.0 Å². The van der Waals surface area contributed by atoms with E-state index in [4.69, 9.17) is 14.2 Å². The van der Waals surface area contributed by atoms with Crippen LogP contribution in [0.2, 0.25) is 0 Å². The van der Waals surface area contributed by atoms with E-state index in [0.717, 1.165) is 5.70 Å². The standard InChI is InChI=1S/C27H30N2O7S/c1-3-35-25(32)22-19-13-16-28-21-8-4-5-14-27(19,21)37-23(22)20(30)7-6-15-29-26(33)36-24(31)17-9-11-18(34-2)12-10-17/h4-5,8-12,16,19,22-23H,3,6-7,13-15H2,1-2H3,(H,29,33). The Hall–Kier alpha value is -3.40. The molecule has 2 aliphatic heterocycles. The van der Waals surface area contributed by atoms with Crippen molar-refractivity contribution >= 4 is 41.8 Å². The molecule has 196 valence electrons. The van der Waals surface area contributed by atoms with Gasteiger partial charge in [-0.1, -0.05) is 12.2 Å². The predicted molar refractivity (Wildman–Crippen MR) is 139 cm³/mol. The predicted octanol–water partition coefficient (Wildman–Crippen LogP) is 3.88. The Kier molecular flexibility index (Phi) is 8.48. The van der Waals surface area contributed by atoms with Crippen LogP contribution >= 0.6 is 11.8 Å². The van der Waals surface area contributed by atoms with Gasteiger partial charge in [-0.2, -0.15) is 0 Å². The van der Waals surface area contributed by atoms with Crippen molar-refractivity contribution in [1.82, 2.24) is 5.32 Å². The molecule has 1 N–H and O–H groups in total. The lowest BCUT2D eigenvalue weighted by Gasteiger charge is -2.38. The number of ether oxygens (including phenoxy) is 3. The highest BCUT2D eigenvalue weighted by Gasteiger charge is 2.61. The number of carbonyl (C=O) groups is 4. The molecule has 2 heterocycles. The molecule has 10 heteroatoms. The Bertz CT molecular complexity index is 1140. The summed E-state index contributed by atoms with van der Waals surface area (Å²) < 4.78 is 14.8. The second-order valence-corrected chi connectivity index (χ2v) is 10.4. The van der Waals surface area contributed by atoms with Crippen LogP contribution in [0.15, 0.2) is 53.2 Å². The topological polar surface area (TPSA) is 120 Å². The zero-order chi connectivity index (χ0) is 26.4. The van der Waals surface area contributed by atoms with E-state index >= 15 is 0 Å². The number of aliphatic imine (C=N–C) groups is 1. The van der Waals surface area contributed by atoms with Crippen molar-refractivity contribution in [3.63, 3.8) is 0 Å². The lowest BCUT2D eigenvalue weighted by molar-refractivity contribution is -0.151. The number of carbonyl (C=O) groups excluding carboxylic acids is 4. The molecule has 1 saturated heterocycles. The molecule has 1 aliphatic carbocycles. The Morgan fingerprint density at radius 3 is 2.70 bits per heavy atom. The fourth-order valence-electron chi connectivity index (χ4n) is 5.03. The minimum atomic E-state index is -0.890. The van der Waals surface area contributed by atoms with Gasteiger partial charge < -0.3 is 19.5 Å². The molecule has 1 amide bonds. The number of methoxy groups -OCH3 is 1. The molecule has 0 radical (unpaired) electrons. The van der Waals surface area contributed by atoms with Gasteiger partial charge in [-0.25, -0.2) is 9.59 Å². The third-order valence-electron chi connectivity index (χ3n) is 6.79. The van der Waals surface area contributed by atoms with Crippen molar-refractivity contribution in [2.45, 2.75) is 42.6 Å². The number of benzene rings is 1. The van der Waals surface area contributed by atoms with Gasteiger partial charge in [0, 0.05) is 19.2 Å². The first-order valence-electron chi connectivity index (χ1n) is 12.3. The maximum Gasteiger partial charge on any atom is 0.415 e. The van der Waals surface area contributed by atoms with Crippen LogP contribution in [0.25, 0.3) is 0 Å². The second-order valence-electron chi connectivity index (χ2n) is 8.95. The number of Topliss-reactive ketones (excluding diaryl/α,β-unsaturated/α-hetero) is 1. The number of allylic oxidation sites excluding steroid dienone is 3. The first-order valence-corrected chi connectivity index (χ1v) is 13.2. The van der Waals surface area contributed by atoms with Gasteiger partial charge in [0.05, 0.1) is 40.9 Å². The molecule has 0 bridgehead atoms. The van der Waals surface area contributed by atoms with Crippen LogP contribution in [0.3, 0.4) is 0 Å². The monoisotopic (exact) mass is 526 g/mol. The van der Waals surface area contributed by atoms with Crippen molar-refractivity contribution < 1.29 is 33.4 Å². The van der Waals surface area contributed by atoms with Gasteiger partial charge in [-0.15, -0.1) is 11.8 Å². The number of hydrogen-bond acceptors (Lipinski definition) is 9. The van der Waals surface area contributed by atoms with E-state index in [-0.39, 0.29) is 42.8 Å². The fraction of sp³-hybridized carbons (Fsp3) is 0.444. The van der Waals surface area contributed by atoms with E-state index < -0.39 is 28.0 Å². The number of nitrogens with zero attached hydrogens (tertiary/aromatic N) is 1. The Labute approximate surface area is 219 Å². The van der Waals surface area contributed by atoms with E-state index in [2.05, 4.69) is 16.4 Å². The number of rotatable bonds is 9. The molecule has 1 aromatic rings. The first kappa shape index (κ1) is 26.7. The maximum atomic E-state index is 13.3. The summed E-state index contributed by atoms with van der Waals surface area (Å²) in [6.45, 7) is 2.15. The third kappa shape index (κ3) is 5.64. The van der Waals surface area contributed by atoms with Crippen LogP contribution in [0, 0.1) is 11.8 Å². The zero-order valence-electron chi connectivity index (χ0n) is 20.8. The fourth-order valence-corrected chi connectivity index (χ4v) is 7.04. The lowest BCUT2D eigenvalue weighted by atomic mass is 9.72. The van der Waals surface area contributed by atoms with Gasteiger partial charge >= 0.3 is 18.0 Å². The molecule has 4 rings (SSSR count). The Morgan fingerprint density at radius 2 is 1.97 bits per heavy atom. The normalized spacial score (nSPS) is 25.4. The van der Waals surface area contributed by atoms with Crippen molar-refractivity contribution in [2.24, 2.45) is 16.8 Å². The minimum absolute atomic E-state index is 0.0646. The highest BCUT2D eigenvalue weighted by Crippen LogP contribution is 2.60. The van der Waals surface area contributed by atoms with Crippen molar-refractivity contribution in [3.8, 4) is 5.75 Å². The maximum absolute atomic E-state index is 13.3. The molecular formula is C27H30N2O7S. The number of amides is 1. The molecule has 9 nitrogen and oxygen atoms in total. The Morgan fingerprint density at radius 1 is 1.19 bits per heavy atom. The average Bonchev–Trinajstić information content (AvgIpc) is 3.25. The number of esters is 2. The number of nitrogens with one attached hydrogen (secondary N) is 1. The van der Waals surface area contributed by atoms with Crippen LogP contribution in [-0.2, 0) is 19.1 Å². The molecule has 37 heavy (non-hydrogen) atoms. The van der Waals surface area contributed by atoms with Crippen LogP contribution in [0.4, 0.5) is 4.79 Å². The second kappa shape index (κ2) is 11.8. The van der Waals surface area contributed by atoms with Gasteiger partial charge in [0.1, 0.15) is 11.5 Å². The van der Waals surface area contributed by atoms with Gasteiger partial charge in [-0.3, -0.25) is 14.6 Å². The van der Waals surface area contributed by atoms with Gasteiger partial charge in [0.25, 0.3) is 0 Å². The molecular weight excluding hydrogens is 496 g/mol. The first-order chi connectivity index (χ1) is 17.9. The molecule has 1 aromatic carbocycles. The molecule has 0 aromatic heterocycles. The van der Waals surface area contributed by atoms with E-state index in [1.807, 2.05) is 18.4 Å². The van der Waals surface area contributed by atoms with Gasteiger partial charge in [0.2, 0.25) is 0 Å². The minimum Gasteiger partial charge on any atom is -0.497 e. The summed E-state index contributed by atoms with van der Waals surface area (Å²) in [5.74, 6) is -1.25. The Balaban J connectivity index is 1.32. The summed E-state index contributed by atoms with van der Waals surface area (Å²) in [4.78, 5) is 55.0. The SMILES string of the molecule is CCOC(=O)C1C(C(=O)CCCNC(=O)OC(=O)c2ccc(OC)cc2)SC23CC=CC=C2N=CCC13. The van der Waals surface area contributed by atoms with Crippen molar-refractivity contribution in [1.29, 1.82) is 0 Å². The van der Waals surface area contributed by atoms with E-state index in [1.54, 1.807) is 19.1 Å². The van der Waals surface area contributed by atoms with Crippen LogP contribution in [-0.4, -0.2) is 60.3 Å². The van der Waals surface area contributed by atoms with Gasteiger partial charge in [-0.05, 0) is 62.4 Å². The molecule has 4 atom stereocenters. The number of ketones is 1. The molecule has 0 saturated carbocycles. The summed E-state index contributed by atoms with van der Waals surface area (Å²) >= 11 is 1.52. The zero-order valence-corrected chi connectivity index (χ0v) is 21.6. The molecule has 3 aliphatic rings. The summed E-state index contributed by atoms with van der Waals surface area (Å²) in [6, 6.07) is 6.18. The van der Waals surface area contributed by atoms with E-state index in [9.17, 15) is 19.2 Å². The summed E-state index contributed by atoms with van der Waals surface area (Å²) in [7, 11) is 1.51. The van der Waals surface area contributed by atoms with Crippen LogP contribution in [0.1, 0.15) is 43.0 Å². The molecule has 4 unspecified atom stereocenters. The van der Waals surface area contributed by atoms with Crippen molar-refractivity contribution in [2.75, 3.05) is 20.3 Å². The number of thioether (sulfide) groups is 1. The summed E-state index contributed by atoms with van der Waals surface area (Å²) in [5.41, 5.74) is 1.11. The van der Waals surface area contributed by atoms with Crippen LogP contribution < -0.4 is 10.1 Å². The summed E-state index contributed by atoms with van der Waals surface area (Å²) in [5, 5.41) is 1.95. The lowest BCUT2D eigenvalue weighted by Crippen LogP contribution is -2.41. The van der Waals surface area contributed by atoms with Crippen molar-refractivity contribution in [3.05, 3.63) is 53.8 Å². The average molecular weight is 527 g/mol. The molecule has 1 fully saturated rings. The molecule has 1 spiro atoms. The smallest absolute Gasteiger partial charge is 0.415 e. The number of hydrogen-bond donors (Lipinski definition) is 1.